The van der Waals surface area contributed by atoms with Crippen molar-refractivity contribution in [3.63, 3.8) is 0 Å². The molecule has 4 rings (SSSR count). The molecule has 5 nitrogen and oxygen atoms in total. The summed E-state index contributed by atoms with van der Waals surface area (Å²) >= 11 is 0. The zero-order chi connectivity index (χ0) is 23.4. The Hall–Kier alpha value is -2.82. The van der Waals surface area contributed by atoms with Crippen LogP contribution in [0.1, 0.15) is 51.5 Å². The van der Waals surface area contributed by atoms with Crippen molar-refractivity contribution >= 4 is 11.8 Å². The smallest absolute Gasteiger partial charge is 0.228 e. The Labute approximate surface area is 197 Å². The monoisotopic (exact) mass is 448 g/mol. The highest BCUT2D eigenvalue weighted by molar-refractivity contribution is 5.86. The van der Waals surface area contributed by atoms with Crippen LogP contribution in [0, 0.1) is 11.3 Å². The number of likely N-dealkylation sites (tertiary alicyclic amines) is 1. The number of para-hydroxylation sites is 1. The number of methoxy groups -OCH3 is 1. The van der Waals surface area contributed by atoms with E-state index in [1.54, 1.807) is 7.11 Å². The maximum absolute atomic E-state index is 13.4. The molecular weight excluding hydrogens is 412 g/mol. The summed E-state index contributed by atoms with van der Waals surface area (Å²) in [7, 11) is 1.68. The minimum atomic E-state index is -0.579. The number of amides is 2. The first kappa shape index (κ1) is 23.3. The van der Waals surface area contributed by atoms with Gasteiger partial charge in [0.1, 0.15) is 5.75 Å². The van der Waals surface area contributed by atoms with Crippen LogP contribution in [-0.4, -0.2) is 43.0 Å². The second-order valence-electron chi connectivity index (χ2n) is 9.97. The molecule has 0 bridgehead atoms. The average Bonchev–Trinajstić information content (AvgIpc) is 3.50. The highest BCUT2D eigenvalue weighted by Gasteiger charge is 2.47. The van der Waals surface area contributed by atoms with E-state index >= 15 is 0 Å². The third-order valence-corrected chi connectivity index (χ3v) is 7.19. The second-order valence-corrected chi connectivity index (χ2v) is 9.97. The molecule has 176 valence electrons. The molecule has 1 aliphatic carbocycles. The molecule has 1 aliphatic heterocycles. The van der Waals surface area contributed by atoms with Gasteiger partial charge in [-0.1, -0.05) is 55.3 Å². The Balaban J connectivity index is 1.54. The Morgan fingerprint density at radius 1 is 1.09 bits per heavy atom. The van der Waals surface area contributed by atoms with Crippen LogP contribution in [0.3, 0.4) is 0 Å². The van der Waals surface area contributed by atoms with E-state index in [0.717, 1.165) is 48.1 Å². The summed E-state index contributed by atoms with van der Waals surface area (Å²) in [4.78, 5) is 28.4. The van der Waals surface area contributed by atoms with Gasteiger partial charge in [-0.05, 0) is 56.7 Å². The molecule has 0 unspecified atom stereocenters. The number of benzene rings is 2. The van der Waals surface area contributed by atoms with E-state index in [1.807, 2.05) is 36.9 Å². The second kappa shape index (κ2) is 9.98. The summed E-state index contributed by atoms with van der Waals surface area (Å²) in [6.45, 7) is 5.16. The zero-order valence-electron chi connectivity index (χ0n) is 20.1. The molecule has 33 heavy (non-hydrogen) atoms. The molecule has 5 heteroatoms. The van der Waals surface area contributed by atoms with Crippen LogP contribution in [-0.2, 0) is 16.0 Å². The van der Waals surface area contributed by atoms with Gasteiger partial charge in [-0.25, -0.2) is 0 Å². The maximum Gasteiger partial charge on any atom is 0.228 e. The van der Waals surface area contributed by atoms with E-state index in [9.17, 15) is 9.59 Å². The van der Waals surface area contributed by atoms with Crippen molar-refractivity contribution in [3.8, 4) is 16.9 Å². The highest BCUT2D eigenvalue weighted by atomic mass is 16.5. The summed E-state index contributed by atoms with van der Waals surface area (Å²) in [6, 6.07) is 16.5. The van der Waals surface area contributed by atoms with Crippen molar-refractivity contribution in [2.24, 2.45) is 11.3 Å². The van der Waals surface area contributed by atoms with Gasteiger partial charge in [0.15, 0.2) is 0 Å². The van der Waals surface area contributed by atoms with Gasteiger partial charge in [0.05, 0.1) is 12.5 Å². The van der Waals surface area contributed by atoms with Crippen LogP contribution >= 0.6 is 0 Å². The van der Waals surface area contributed by atoms with E-state index in [4.69, 9.17) is 4.74 Å². The van der Waals surface area contributed by atoms with Gasteiger partial charge in [0, 0.05) is 30.6 Å². The highest BCUT2D eigenvalue weighted by Crippen LogP contribution is 2.38. The average molecular weight is 449 g/mol. The van der Waals surface area contributed by atoms with Gasteiger partial charge in [-0.2, -0.15) is 0 Å². The van der Waals surface area contributed by atoms with Gasteiger partial charge in [-0.3, -0.25) is 9.59 Å². The van der Waals surface area contributed by atoms with E-state index in [-0.39, 0.29) is 23.8 Å². The van der Waals surface area contributed by atoms with Crippen LogP contribution in [0.4, 0.5) is 0 Å². The fourth-order valence-electron chi connectivity index (χ4n) is 5.39. The Kier molecular flexibility index (Phi) is 7.06. The summed E-state index contributed by atoms with van der Waals surface area (Å²) in [6.07, 6.45) is 5.60. The molecule has 1 N–H and O–H groups in total. The molecule has 0 aromatic heterocycles. The lowest BCUT2D eigenvalue weighted by Crippen LogP contribution is -2.47. The lowest BCUT2D eigenvalue weighted by Gasteiger charge is -2.30. The molecule has 1 saturated carbocycles. The van der Waals surface area contributed by atoms with Crippen LogP contribution in [0.5, 0.6) is 5.75 Å². The van der Waals surface area contributed by atoms with Crippen LogP contribution in [0.15, 0.2) is 48.5 Å². The third kappa shape index (κ3) is 5.07. The van der Waals surface area contributed by atoms with Crippen molar-refractivity contribution in [2.45, 2.75) is 58.4 Å². The van der Waals surface area contributed by atoms with Crippen molar-refractivity contribution in [2.75, 3.05) is 20.2 Å². The van der Waals surface area contributed by atoms with Crippen molar-refractivity contribution < 1.29 is 14.3 Å². The minimum absolute atomic E-state index is 0.0630. The van der Waals surface area contributed by atoms with E-state index in [0.29, 0.717) is 25.9 Å². The van der Waals surface area contributed by atoms with Gasteiger partial charge in [0.2, 0.25) is 11.8 Å². The fraction of sp³-hybridized carbons (Fsp3) is 0.500. The predicted molar refractivity (Wildman–Crippen MR) is 131 cm³/mol. The lowest BCUT2D eigenvalue weighted by atomic mass is 9.79. The molecule has 1 atom stereocenters. The number of carbonyl (C=O) groups is 2. The Morgan fingerprint density at radius 3 is 2.45 bits per heavy atom. The molecule has 2 amide bonds. The van der Waals surface area contributed by atoms with Crippen LogP contribution < -0.4 is 10.1 Å². The number of hydrogen-bond donors (Lipinski definition) is 1. The standard InChI is InChI=1S/C28H36N2O3/c1-20(2)29-27(32)28(16-17-30(19-28)26(31)23-8-4-5-9-23)18-21-12-14-22(15-13-21)24-10-6-7-11-25(24)33-3/h6-7,10-15,20,23H,4-5,8-9,16-19H2,1-3H3,(H,29,32)/t28-/m1/s1. The maximum atomic E-state index is 13.4. The molecule has 0 spiro atoms. The van der Waals surface area contributed by atoms with Crippen molar-refractivity contribution in [1.82, 2.24) is 10.2 Å². The summed E-state index contributed by atoms with van der Waals surface area (Å²) < 4.78 is 5.51. The van der Waals surface area contributed by atoms with Crippen molar-refractivity contribution in [3.05, 3.63) is 54.1 Å². The number of hydrogen-bond acceptors (Lipinski definition) is 3. The molecule has 2 fully saturated rings. The van der Waals surface area contributed by atoms with Gasteiger partial charge in [-0.15, -0.1) is 0 Å². The lowest BCUT2D eigenvalue weighted by molar-refractivity contribution is -0.136. The van der Waals surface area contributed by atoms with Gasteiger partial charge < -0.3 is 15.0 Å². The topological polar surface area (TPSA) is 58.6 Å². The predicted octanol–water partition coefficient (Wildman–Crippen LogP) is 4.84. The minimum Gasteiger partial charge on any atom is -0.496 e. The number of nitrogens with zero attached hydrogens (tertiary/aromatic N) is 1. The van der Waals surface area contributed by atoms with Crippen LogP contribution in [0.25, 0.3) is 11.1 Å². The number of carbonyl (C=O) groups excluding carboxylic acids is 2. The quantitative estimate of drug-likeness (QED) is 0.659. The largest absolute Gasteiger partial charge is 0.496 e. The SMILES string of the molecule is COc1ccccc1-c1ccc(C[C@]2(C(=O)NC(C)C)CCN(C(=O)C3CCCC3)C2)cc1. The molecule has 1 heterocycles. The molecule has 1 saturated heterocycles. The van der Waals surface area contributed by atoms with E-state index in [2.05, 4.69) is 35.6 Å². The summed E-state index contributed by atoms with van der Waals surface area (Å²) in [5.41, 5.74) is 2.67. The Morgan fingerprint density at radius 2 is 1.79 bits per heavy atom. The normalized spacial score (nSPS) is 20.9. The van der Waals surface area contributed by atoms with Gasteiger partial charge >= 0.3 is 0 Å². The molecular formula is C28H36N2O3. The number of ether oxygens (including phenoxy) is 1. The Bertz CT molecular complexity index is 979. The summed E-state index contributed by atoms with van der Waals surface area (Å²) in [5, 5.41) is 3.13. The molecule has 0 radical (unpaired) electrons. The fourth-order valence-corrected chi connectivity index (χ4v) is 5.39. The van der Waals surface area contributed by atoms with Crippen molar-refractivity contribution in [1.29, 1.82) is 0 Å². The first-order valence-electron chi connectivity index (χ1n) is 12.2. The first-order valence-corrected chi connectivity index (χ1v) is 12.2. The number of nitrogens with one attached hydrogen (secondary N) is 1. The molecule has 2 aliphatic rings. The molecule has 2 aromatic carbocycles. The third-order valence-electron chi connectivity index (χ3n) is 7.19. The molecule has 2 aromatic rings. The van der Waals surface area contributed by atoms with E-state index in [1.165, 1.54) is 0 Å². The summed E-state index contributed by atoms with van der Waals surface area (Å²) in [5.74, 6) is 1.30. The number of rotatable bonds is 7. The zero-order valence-corrected chi connectivity index (χ0v) is 20.1. The van der Waals surface area contributed by atoms with E-state index < -0.39 is 5.41 Å². The first-order chi connectivity index (χ1) is 15.9. The van der Waals surface area contributed by atoms with Crippen LogP contribution in [0.2, 0.25) is 0 Å². The van der Waals surface area contributed by atoms with Gasteiger partial charge in [0.25, 0.3) is 0 Å².